The lowest BCUT2D eigenvalue weighted by Gasteiger charge is -2.13. The fourth-order valence-electron chi connectivity index (χ4n) is 2.26. The SMILES string of the molecule is Cc1ccccc1OCC#CCNC(=O)c1cc(C(F)(F)F)cc(C(F)(F)F)c1. The Morgan fingerprint density at radius 2 is 1.55 bits per heavy atom. The van der Waals surface area contributed by atoms with Gasteiger partial charge in [0.05, 0.1) is 17.7 Å². The maximum absolute atomic E-state index is 12.8. The average molecular weight is 415 g/mol. The van der Waals surface area contributed by atoms with Crippen molar-refractivity contribution in [2.45, 2.75) is 19.3 Å². The van der Waals surface area contributed by atoms with E-state index in [0.29, 0.717) is 17.9 Å². The van der Waals surface area contributed by atoms with Crippen LogP contribution in [0.2, 0.25) is 0 Å². The van der Waals surface area contributed by atoms with E-state index in [1.165, 1.54) is 0 Å². The van der Waals surface area contributed by atoms with E-state index < -0.39 is 35.0 Å². The summed E-state index contributed by atoms with van der Waals surface area (Å²) in [5.74, 6) is 4.63. The number of carbonyl (C=O) groups is 1. The normalized spacial score (nSPS) is 11.4. The molecule has 0 aliphatic rings. The third kappa shape index (κ3) is 6.45. The summed E-state index contributed by atoms with van der Waals surface area (Å²) in [7, 11) is 0. The van der Waals surface area contributed by atoms with E-state index in [1.54, 1.807) is 12.1 Å². The average Bonchev–Trinajstić information content (AvgIpc) is 2.64. The van der Waals surface area contributed by atoms with Crippen molar-refractivity contribution in [3.05, 3.63) is 64.7 Å². The summed E-state index contributed by atoms with van der Waals surface area (Å²) in [6.07, 6.45) is -10.0. The van der Waals surface area contributed by atoms with Gasteiger partial charge in [0.25, 0.3) is 5.91 Å². The summed E-state index contributed by atoms with van der Waals surface area (Å²) < 4.78 is 82.3. The summed E-state index contributed by atoms with van der Waals surface area (Å²) in [6, 6.07) is 7.87. The molecule has 2 aromatic rings. The third-order valence-corrected chi connectivity index (χ3v) is 3.71. The van der Waals surface area contributed by atoms with Gasteiger partial charge in [-0.3, -0.25) is 4.79 Å². The summed E-state index contributed by atoms with van der Waals surface area (Å²) in [5, 5.41) is 2.16. The number of carbonyl (C=O) groups excluding carboxylic acids is 1. The molecule has 29 heavy (non-hydrogen) atoms. The van der Waals surface area contributed by atoms with Crippen molar-refractivity contribution in [1.29, 1.82) is 0 Å². The lowest BCUT2D eigenvalue weighted by molar-refractivity contribution is -0.143. The Balaban J connectivity index is 2.01. The summed E-state index contributed by atoms with van der Waals surface area (Å²) in [6.45, 7) is 1.57. The number of halogens is 6. The minimum absolute atomic E-state index is 0.00248. The van der Waals surface area contributed by atoms with Gasteiger partial charge in [0.15, 0.2) is 0 Å². The second kappa shape index (κ2) is 8.90. The molecule has 0 spiro atoms. The molecule has 0 saturated carbocycles. The number of para-hydroxylation sites is 1. The number of nitrogens with one attached hydrogen (secondary N) is 1. The highest BCUT2D eigenvalue weighted by molar-refractivity contribution is 5.94. The minimum Gasteiger partial charge on any atom is -0.481 e. The molecule has 2 aromatic carbocycles. The van der Waals surface area contributed by atoms with Gasteiger partial charge in [0, 0.05) is 5.56 Å². The first-order valence-corrected chi connectivity index (χ1v) is 8.20. The van der Waals surface area contributed by atoms with Crippen molar-refractivity contribution in [1.82, 2.24) is 5.32 Å². The van der Waals surface area contributed by atoms with Gasteiger partial charge in [0.1, 0.15) is 12.4 Å². The summed E-state index contributed by atoms with van der Waals surface area (Å²) >= 11 is 0. The van der Waals surface area contributed by atoms with Gasteiger partial charge in [-0.15, -0.1) is 0 Å². The second-order valence-corrected chi connectivity index (χ2v) is 5.88. The van der Waals surface area contributed by atoms with Gasteiger partial charge in [-0.25, -0.2) is 0 Å². The molecule has 3 nitrogen and oxygen atoms in total. The lowest BCUT2D eigenvalue weighted by Crippen LogP contribution is -2.25. The first-order chi connectivity index (χ1) is 13.5. The van der Waals surface area contributed by atoms with Crippen LogP contribution in [0.5, 0.6) is 5.75 Å². The number of hydrogen-bond acceptors (Lipinski definition) is 2. The second-order valence-electron chi connectivity index (χ2n) is 5.88. The predicted octanol–water partition coefficient (Wildman–Crippen LogP) is 4.84. The van der Waals surface area contributed by atoms with Crippen LogP contribution in [0.3, 0.4) is 0 Å². The van der Waals surface area contributed by atoms with E-state index in [1.807, 2.05) is 19.1 Å². The van der Waals surface area contributed by atoms with Crippen molar-refractivity contribution in [3.8, 4) is 17.6 Å². The zero-order chi connectivity index (χ0) is 21.7. The molecule has 0 saturated heterocycles. The molecular formula is C20H15F6NO2. The molecule has 0 aliphatic heterocycles. The number of aryl methyl sites for hydroxylation is 1. The van der Waals surface area contributed by atoms with Crippen LogP contribution in [0.15, 0.2) is 42.5 Å². The smallest absolute Gasteiger partial charge is 0.416 e. The number of hydrogen-bond donors (Lipinski definition) is 1. The fraction of sp³-hybridized carbons (Fsp3) is 0.250. The van der Waals surface area contributed by atoms with Crippen LogP contribution in [0.25, 0.3) is 0 Å². The highest BCUT2D eigenvalue weighted by Crippen LogP contribution is 2.36. The molecule has 2 rings (SSSR count). The van der Waals surface area contributed by atoms with Crippen LogP contribution in [-0.2, 0) is 12.4 Å². The molecule has 1 amide bonds. The minimum atomic E-state index is -5.02. The quantitative estimate of drug-likeness (QED) is 0.573. The maximum atomic E-state index is 12.8. The van der Waals surface area contributed by atoms with E-state index in [0.717, 1.165) is 5.56 Å². The van der Waals surface area contributed by atoms with Crippen molar-refractivity contribution < 1.29 is 35.9 Å². The van der Waals surface area contributed by atoms with Crippen molar-refractivity contribution in [3.63, 3.8) is 0 Å². The van der Waals surface area contributed by atoms with Crippen LogP contribution in [0, 0.1) is 18.8 Å². The number of rotatable bonds is 4. The molecule has 154 valence electrons. The van der Waals surface area contributed by atoms with Gasteiger partial charge in [-0.05, 0) is 36.8 Å². The zero-order valence-electron chi connectivity index (χ0n) is 15.0. The van der Waals surface area contributed by atoms with Crippen LogP contribution in [0.4, 0.5) is 26.3 Å². The molecule has 0 unspecified atom stereocenters. The van der Waals surface area contributed by atoms with Gasteiger partial charge < -0.3 is 10.1 Å². The Morgan fingerprint density at radius 3 is 2.10 bits per heavy atom. The lowest BCUT2D eigenvalue weighted by atomic mass is 10.0. The van der Waals surface area contributed by atoms with Crippen LogP contribution in [0.1, 0.15) is 27.0 Å². The van der Waals surface area contributed by atoms with Gasteiger partial charge >= 0.3 is 12.4 Å². The third-order valence-electron chi connectivity index (χ3n) is 3.71. The van der Waals surface area contributed by atoms with Crippen LogP contribution >= 0.6 is 0 Å². The van der Waals surface area contributed by atoms with Crippen LogP contribution in [-0.4, -0.2) is 19.1 Å². The number of benzene rings is 2. The Hall–Kier alpha value is -3.15. The Bertz CT molecular complexity index is 906. The highest BCUT2D eigenvalue weighted by Gasteiger charge is 2.37. The number of alkyl halides is 6. The first kappa shape index (κ1) is 22.1. The largest absolute Gasteiger partial charge is 0.481 e. The Kier molecular flexibility index (Phi) is 6.80. The van der Waals surface area contributed by atoms with E-state index >= 15 is 0 Å². The van der Waals surface area contributed by atoms with Crippen molar-refractivity contribution in [2.75, 3.05) is 13.2 Å². The monoisotopic (exact) mass is 415 g/mol. The summed E-state index contributed by atoms with van der Waals surface area (Å²) in [4.78, 5) is 12.0. The number of ether oxygens (including phenoxy) is 1. The highest BCUT2D eigenvalue weighted by atomic mass is 19.4. The Labute approximate surface area is 162 Å². The Morgan fingerprint density at radius 1 is 0.966 bits per heavy atom. The van der Waals surface area contributed by atoms with E-state index in [-0.39, 0.29) is 19.2 Å². The predicted molar refractivity (Wildman–Crippen MR) is 93.2 cm³/mol. The first-order valence-electron chi connectivity index (χ1n) is 8.20. The molecule has 0 aromatic heterocycles. The topological polar surface area (TPSA) is 38.3 Å². The van der Waals surface area contributed by atoms with Crippen molar-refractivity contribution >= 4 is 5.91 Å². The van der Waals surface area contributed by atoms with E-state index in [2.05, 4.69) is 17.2 Å². The standard InChI is InChI=1S/C20H15F6NO2/c1-13-6-2-3-7-17(13)29-9-5-4-8-27-18(28)14-10-15(19(21,22)23)12-16(11-14)20(24,25)26/h2-3,6-7,10-12H,8-9H2,1H3,(H,27,28). The molecule has 1 N–H and O–H groups in total. The molecule has 0 bridgehead atoms. The molecule has 0 radical (unpaired) electrons. The molecule has 9 heteroatoms. The van der Waals surface area contributed by atoms with Gasteiger partial charge in [-0.2, -0.15) is 26.3 Å². The molecule has 0 heterocycles. The summed E-state index contributed by atoms with van der Waals surface area (Å²) in [5.41, 5.74) is -2.98. The fourth-order valence-corrected chi connectivity index (χ4v) is 2.26. The van der Waals surface area contributed by atoms with E-state index in [4.69, 9.17) is 4.74 Å². The maximum Gasteiger partial charge on any atom is 0.416 e. The van der Waals surface area contributed by atoms with Crippen molar-refractivity contribution in [2.24, 2.45) is 0 Å². The zero-order valence-corrected chi connectivity index (χ0v) is 15.0. The number of amides is 1. The molecule has 0 atom stereocenters. The van der Waals surface area contributed by atoms with E-state index in [9.17, 15) is 31.1 Å². The molecular weight excluding hydrogens is 400 g/mol. The molecule has 0 aliphatic carbocycles. The van der Waals surface area contributed by atoms with Gasteiger partial charge in [0.2, 0.25) is 0 Å². The van der Waals surface area contributed by atoms with Gasteiger partial charge in [-0.1, -0.05) is 30.0 Å². The molecule has 0 fully saturated rings. The van der Waals surface area contributed by atoms with Crippen LogP contribution < -0.4 is 10.1 Å².